The number of rotatable bonds is 6. The highest BCUT2D eigenvalue weighted by Gasteiger charge is 2.19. The minimum Gasteiger partial charge on any atom is -0.489 e. The molecule has 0 amide bonds. The van der Waals surface area contributed by atoms with Gasteiger partial charge in [0.25, 0.3) is 0 Å². The van der Waals surface area contributed by atoms with Gasteiger partial charge in [0.1, 0.15) is 12.4 Å². The first-order valence-corrected chi connectivity index (χ1v) is 7.46. The summed E-state index contributed by atoms with van der Waals surface area (Å²) < 4.78 is 5.74. The van der Waals surface area contributed by atoms with Crippen molar-refractivity contribution in [3.05, 3.63) is 23.5 Å². The molecule has 0 spiro atoms. The maximum Gasteiger partial charge on any atom is 0.140 e. The Morgan fingerprint density at radius 1 is 1.37 bits per heavy atom. The van der Waals surface area contributed by atoms with Gasteiger partial charge in [0, 0.05) is 5.69 Å². The number of ether oxygens (including phenoxy) is 1. The van der Waals surface area contributed by atoms with E-state index in [0.29, 0.717) is 12.5 Å². The van der Waals surface area contributed by atoms with Crippen LogP contribution in [0, 0.1) is 12.8 Å². The summed E-state index contributed by atoms with van der Waals surface area (Å²) in [7, 11) is 0. The molecule has 1 atom stereocenters. The SMILES string of the molecule is CCc1nc(C)ccc1OCC(O)CC1CCCC1. The van der Waals surface area contributed by atoms with Gasteiger partial charge in [-0.3, -0.25) is 4.98 Å². The molecule has 0 saturated heterocycles. The van der Waals surface area contributed by atoms with Crippen molar-refractivity contribution in [3.63, 3.8) is 0 Å². The fourth-order valence-corrected chi connectivity index (χ4v) is 2.87. The lowest BCUT2D eigenvalue weighted by atomic mass is 10.0. The third kappa shape index (κ3) is 4.20. The van der Waals surface area contributed by atoms with Crippen LogP contribution >= 0.6 is 0 Å². The van der Waals surface area contributed by atoms with Crippen LogP contribution in [0.1, 0.15) is 50.4 Å². The number of aryl methyl sites for hydroxylation is 2. The molecule has 1 heterocycles. The smallest absolute Gasteiger partial charge is 0.140 e. The third-order valence-corrected chi connectivity index (χ3v) is 3.92. The average molecular weight is 263 g/mol. The summed E-state index contributed by atoms with van der Waals surface area (Å²) in [6.07, 6.45) is 6.55. The van der Waals surface area contributed by atoms with E-state index in [0.717, 1.165) is 30.0 Å². The third-order valence-electron chi connectivity index (χ3n) is 3.92. The molecule has 3 heteroatoms. The molecule has 2 rings (SSSR count). The highest BCUT2D eigenvalue weighted by atomic mass is 16.5. The number of aliphatic hydroxyl groups excluding tert-OH is 1. The number of hydrogen-bond acceptors (Lipinski definition) is 3. The number of hydrogen-bond donors (Lipinski definition) is 1. The van der Waals surface area contributed by atoms with Gasteiger partial charge in [-0.2, -0.15) is 0 Å². The van der Waals surface area contributed by atoms with E-state index in [1.54, 1.807) is 0 Å². The lowest BCUT2D eigenvalue weighted by Crippen LogP contribution is -2.21. The van der Waals surface area contributed by atoms with Gasteiger partial charge < -0.3 is 9.84 Å². The summed E-state index contributed by atoms with van der Waals surface area (Å²) in [6.45, 7) is 4.44. The lowest BCUT2D eigenvalue weighted by molar-refractivity contribution is 0.0849. The molecule has 1 aliphatic carbocycles. The van der Waals surface area contributed by atoms with E-state index in [1.165, 1.54) is 25.7 Å². The van der Waals surface area contributed by atoms with E-state index in [1.807, 2.05) is 19.1 Å². The van der Waals surface area contributed by atoms with E-state index in [9.17, 15) is 5.11 Å². The molecule has 1 aromatic heterocycles. The van der Waals surface area contributed by atoms with E-state index < -0.39 is 0 Å². The molecule has 1 aromatic rings. The summed E-state index contributed by atoms with van der Waals surface area (Å²) in [5.41, 5.74) is 1.99. The van der Waals surface area contributed by atoms with Gasteiger partial charge in [-0.25, -0.2) is 0 Å². The van der Waals surface area contributed by atoms with Crippen molar-refractivity contribution < 1.29 is 9.84 Å². The number of nitrogens with zero attached hydrogens (tertiary/aromatic N) is 1. The van der Waals surface area contributed by atoms with Gasteiger partial charge in [0.15, 0.2) is 0 Å². The van der Waals surface area contributed by atoms with Crippen molar-refractivity contribution in [2.75, 3.05) is 6.61 Å². The van der Waals surface area contributed by atoms with Gasteiger partial charge in [-0.1, -0.05) is 32.6 Å². The minimum atomic E-state index is -0.353. The van der Waals surface area contributed by atoms with E-state index >= 15 is 0 Å². The average Bonchev–Trinajstić information content (AvgIpc) is 2.90. The summed E-state index contributed by atoms with van der Waals surface area (Å²) >= 11 is 0. The molecular weight excluding hydrogens is 238 g/mol. The van der Waals surface area contributed by atoms with Gasteiger partial charge in [0.05, 0.1) is 11.8 Å². The van der Waals surface area contributed by atoms with Crippen LogP contribution in [0.4, 0.5) is 0 Å². The van der Waals surface area contributed by atoms with Crippen LogP contribution in [-0.4, -0.2) is 22.8 Å². The van der Waals surface area contributed by atoms with E-state index in [2.05, 4.69) is 11.9 Å². The Labute approximate surface area is 116 Å². The van der Waals surface area contributed by atoms with Crippen LogP contribution in [0.25, 0.3) is 0 Å². The molecule has 19 heavy (non-hydrogen) atoms. The molecular formula is C16H25NO2. The molecule has 1 fully saturated rings. The van der Waals surface area contributed by atoms with Crippen LogP contribution < -0.4 is 4.74 Å². The Kier molecular flexibility index (Phi) is 5.20. The molecule has 0 radical (unpaired) electrons. The number of aromatic nitrogens is 1. The van der Waals surface area contributed by atoms with Crippen LogP contribution in [0.5, 0.6) is 5.75 Å². The normalized spacial score (nSPS) is 17.6. The monoisotopic (exact) mass is 263 g/mol. The van der Waals surface area contributed by atoms with Crippen molar-refractivity contribution >= 4 is 0 Å². The van der Waals surface area contributed by atoms with Crippen molar-refractivity contribution in [1.29, 1.82) is 0 Å². The molecule has 0 aromatic carbocycles. The Hall–Kier alpha value is -1.09. The van der Waals surface area contributed by atoms with Crippen molar-refractivity contribution in [3.8, 4) is 5.75 Å². The van der Waals surface area contributed by atoms with Crippen molar-refractivity contribution in [2.45, 2.75) is 58.5 Å². The predicted molar refractivity (Wildman–Crippen MR) is 76.4 cm³/mol. The second-order valence-electron chi connectivity index (χ2n) is 5.60. The zero-order valence-corrected chi connectivity index (χ0v) is 12.1. The molecule has 1 unspecified atom stereocenters. The van der Waals surface area contributed by atoms with E-state index in [-0.39, 0.29) is 6.10 Å². The Balaban J connectivity index is 1.83. The van der Waals surface area contributed by atoms with Gasteiger partial charge in [-0.05, 0) is 37.8 Å². The largest absolute Gasteiger partial charge is 0.489 e. The van der Waals surface area contributed by atoms with Gasteiger partial charge in [0.2, 0.25) is 0 Å². The molecule has 106 valence electrons. The molecule has 1 saturated carbocycles. The van der Waals surface area contributed by atoms with Crippen molar-refractivity contribution in [2.24, 2.45) is 5.92 Å². The summed E-state index contributed by atoms with van der Waals surface area (Å²) in [4.78, 5) is 4.47. The van der Waals surface area contributed by atoms with Gasteiger partial charge in [-0.15, -0.1) is 0 Å². The highest BCUT2D eigenvalue weighted by molar-refractivity contribution is 5.29. The molecule has 1 aliphatic rings. The summed E-state index contributed by atoms with van der Waals surface area (Å²) in [6, 6.07) is 3.92. The second-order valence-corrected chi connectivity index (χ2v) is 5.60. The second kappa shape index (κ2) is 6.90. The van der Waals surface area contributed by atoms with Crippen LogP contribution in [0.2, 0.25) is 0 Å². The number of aliphatic hydroxyl groups is 1. The molecule has 3 nitrogen and oxygen atoms in total. The maximum atomic E-state index is 10.0. The maximum absolute atomic E-state index is 10.0. The Morgan fingerprint density at radius 3 is 2.79 bits per heavy atom. The minimum absolute atomic E-state index is 0.353. The number of pyridine rings is 1. The fourth-order valence-electron chi connectivity index (χ4n) is 2.87. The summed E-state index contributed by atoms with van der Waals surface area (Å²) in [5, 5.41) is 10.0. The molecule has 0 bridgehead atoms. The first kappa shape index (κ1) is 14.3. The molecule has 1 N–H and O–H groups in total. The molecule has 0 aliphatic heterocycles. The van der Waals surface area contributed by atoms with Crippen LogP contribution in [0.15, 0.2) is 12.1 Å². The van der Waals surface area contributed by atoms with Crippen LogP contribution in [-0.2, 0) is 6.42 Å². The highest BCUT2D eigenvalue weighted by Crippen LogP contribution is 2.28. The first-order chi connectivity index (χ1) is 9.19. The van der Waals surface area contributed by atoms with Crippen molar-refractivity contribution in [1.82, 2.24) is 4.98 Å². The fraction of sp³-hybridized carbons (Fsp3) is 0.688. The van der Waals surface area contributed by atoms with E-state index in [4.69, 9.17) is 4.74 Å². The Morgan fingerprint density at radius 2 is 2.11 bits per heavy atom. The Bertz CT molecular complexity index is 400. The predicted octanol–water partition coefficient (Wildman–Crippen LogP) is 3.27. The standard InChI is InChI=1S/C16H25NO2/c1-3-15-16(9-8-12(2)17-15)19-11-14(18)10-13-6-4-5-7-13/h8-9,13-14,18H,3-7,10-11H2,1-2H3. The zero-order valence-electron chi connectivity index (χ0n) is 12.1. The topological polar surface area (TPSA) is 42.4 Å². The zero-order chi connectivity index (χ0) is 13.7. The summed E-state index contributed by atoms with van der Waals surface area (Å²) in [5.74, 6) is 1.51. The lowest BCUT2D eigenvalue weighted by Gasteiger charge is -2.17. The quantitative estimate of drug-likeness (QED) is 0.856. The first-order valence-electron chi connectivity index (χ1n) is 7.46. The van der Waals surface area contributed by atoms with Crippen LogP contribution in [0.3, 0.4) is 0 Å². The van der Waals surface area contributed by atoms with Gasteiger partial charge >= 0.3 is 0 Å².